The van der Waals surface area contributed by atoms with Gasteiger partial charge < -0.3 is 19.5 Å². The minimum atomic E-state index is -3.80. The van der Waals surface area contributed by atoms with Gasteiger partial charge in [0.2, 0.25) is 15.9 Å². The van der Waals surface area contributed by atoms with Crippen molar-refractivity contribution >= 4 is 15.9 Å². The molecule has 152 valence electrons. The lowest BCUT2D eigenvalue weighted by Crippen LogP contribution is -2.45. The Morgan fingerprint density at radius 3 is 2.70 bits per heavy atom. The summed E-state index contributed by atoms with van der Waals surface area (Å²) >= 11 is 0. The Morgan fingerprint density at radius 2 is 2.04 bits per heavy atom. The highest BCUT2D eigenvalue weighted by Gasteiger charge is 2.35. The van der Waals surface area contributed by atoms with Crippen molar-refractivity contribution in [2.45, 2.75) is 24.2 Å². The van der Waals surface area contributed by atoms with Gasteiger partial charge in [0.25, 0.3) is 0 Å². The zero-order chi connectivity index (χ0) is 19.9. The van der Waals surface area contributed by atoms with Crippen LogP contribution < -0.4 is 14.8 Å². The summed E-state index contributed by atoms with van der Waals surface area (Å²) in [5, 5.41) is 2.85. The Hall–Kier alpha value is -1.84. The lowest BCUT2D eigenvalue weighted by atomic mass is 9.99. The van der Waals surface area contributed by atoms with Gasteiger partial charge in [0, 0.05) is 39.4 Å². The third kappa shape index (κ3) is 5.33. The molecule has 1 amide bonds. The molecular formula is C18H28N2O6S. The monoisotopic (exact) mass is 400 g/mol. The van der Waals surface area contributed by atoms with Crippen LogP contribution in [0.25, 0.3) is 0 Å². The third-order valence-corrected chi connectivity index (χ3v) is 6.45. The molecule has 1 aromatic rings. The SMILES string of the molecule is COCCCNC(=O)[C@H]1CCCN(S(=O)(=O)c2cc(OC)ccc2OC)C1. The van der Waals surface area contributed by atoms with Crippen molar-refractivity contribution in [2.75, 3.05) is 47.6 Å². The summed E-state index contributed by atoms with van der Waals surface area (Å²) in [6.07, 6.45) is 2.01. The highest BCUT2D eigenvalue weighted by Crippen LogP contribution is 2.32. The molecule has 8 nitrogen and oxygen atoms in total. The molecule has 0 saturated carbocycles. The minimum absolute atomic E-state index is 0.0468. The van der Waals surface area contributed by atoms with Crippen molar-refractivity contribution in [1.82, 2.24) is 9.62 Å². The van der Waals surface area contributed by atoms with Crippen LogP contribution in [0.5, 0.6) is 11.5 Å². The number of rotatable bonds is 9. The Labute approximate surface area is 160 Å². The second-order valence-electron chi connectivity index (χ2n) is 6.36. The molecule has 0 radical (unpaired) electrons. The highest BCUT2D eigenvalue weighted by molar-refractivity contribution is 7.89. The number of ether oxygens (including phenoxy) is 3. The molecule has 1 fully saturated rings. The van der Waals surface area contributed by atoms with E-state index in [1.165, 1.54) is 24.6 Å². The topological polar surface area (TPSA) is 94.2 Å². The van der Waals surface area contributed by atoms with E-state index in [1.54, 1.807) is 19.2 Å². The number of hydrogen-bond donors (Lipinski definition) is 1. The quantitative estimate of drug-likeness (QED) is 0.627. The number of hydrogen-bond acceptors (Lipinski definition) is 6. The zero-order valence-corrected chi connectivity index (χ0v) is 16.9. The number of carbonyl (C=O) groups is 1. The first kappa shape index (κ1) is 21.5. The molecule has 1 saturated heterocycles. The Kier molecular flexibility index (Phi) is 7.88. The van der Waals surface area contributed by atoms with Crippen molar-refractivity contribution in [2.24, 2.45) is 5.92 Å². The van der Waals surface area contributed by atoms with Crippen LogP contribution >= 0.6 is 0 Å². The fraction of sp³-hybridized carbons (Fsp3) is 0.611. The Bertz CT molecular complexity index is 737. The number of sulfonamides is 1. The van der Waals surface area contributed by atoms with Gasteiger partial charge in [0.1, 0.15) is 16.4 Å². The van der Waals surface area contributed by atoms with Crippen molar-refractivity contribution in [3.8, 4) is 11.5 Å². The van der Waals surface area contributed by atoms with Crippen LogP contribution in [0.15, 0.2) is 23.1 Å². The van der Waals surface area contributed by atoms with E-state index in [0.717, 1.165) is 6.42 Å². The summed E-state index contributed by atoms with van der Waals surface area (Å²) in [6.45, 7) is 1.61. The molecule has 0 aromatic heterocycles. The second-order valence-corrected chi connectivity index (χ2v) is 8.26. The summed E-state index contributed by atoms with van der Waals surface area (Å²) in [5.41, 5.74) is 0. The maximum atomic E-state index is 13.1. The first-order valence-electron chi connectivity index (χ1n) is 8.93. The molecule has 0 aliphatic carbocycles. The minimum Gasteiger partial charge on any atom is -0.497 e. The maximum absolute atomic E-state index is 13.1. The molecule has 0 bridgehead atoms. The fourth-order valence-electron chi connectivity index (χ4n) is 3.07. The Morgan fingerprint density at radius 1 is 1.26 bits per heavy atom. The van der Waals surface area contributed by atoms with E-state index in [0.29, 0.717) is 38.3 Å². The van der Waals surface area contributed by atoms with Crippen molar-refractivity contribution < 1.29 is 27.4 Å². The van der Waals surface area contributed by atoms with Crippen LogP contribution in [0.3, 0.4) is 0 Å². The van der Waals surface area contributed by atoms with E-state index >= 15 is 0 Å². The van der Waals surface area contributed by atoms with Gasteiger partial charge in [-0.25, -0.2) is 8.42 Å². The van der Waals surface area contributed by atoms with E-state index in [1.807, 2.05) is 0 Å². The molecule has 1 aromatic carbocycles. The van der Waals surface area contributed by atoms with Crippen molar-refractivity contribution in [3.05, 3.63) is 18.2 Å². The summed E-state index contributed by atoms with van der Waals surface area (Å²) in [4.78, 5) is 12.4. The number of nitrogens with one attached hydrogen (secondary N) is 1. The molecule has 1 heterocycles. The molecule has 1 aliphatic heterocycles. The summed E-state index contributed by atoms with van der Waals surface area (Å²) in [5.74, 6) is 0.192. The van der Waals surface area contributed by atoms with E-state index < -0.39 is 10.0 Å². The van der Waals surface area contributed by atoms with E-state index in [4.69, 9.17) is 14.2 Å². The molecule has 9 heteroatoms. The van der Waals surface area contributed by atoms with Crippen LogP contribution in [-0.4, -0.2) is 66.2 Å². The van der Waals surface area contributed by atoms with Crippen molar-refractivity contribution in [3.63, 3.8) is 0 Å². The second kappa shape index (κ2) is 9.91. The first-order chi connectivity index (χ1) is 12.9. The molecular weight excluding hydrogens is 372 g/mol. The smallest absolute Gasteiger partial charge is 0.246 e. The van der Waals surface area contributed by atoms with Crippen LogP contribution in [0.2, 0.25) is 0 Å². The van der Waals surface area contributed by atoms with Crippen LogP contribution in [0.4, 0.5) is 0 Å². The predicted molar refractivity (Wildman–Crippen MR) is 101 cm³/mol. The summed E-state index contributed by atoms with van der Waals surface area (Å²) in [7, 11) is 0.704. The fourth-order valence-corrected chi connectivity index (χ4v) is 4.77. The Balaban J connectivity index is 2.13. The van der Waals surface area contributed by atoms with Gasteiger partial charge in [-0.1, -0.05) is 0 Å². The number of piperidine rings is 1. The number of nitrogens with zero attached hydrogens (tertiary/aromatic N) is 1. The summed E-state index contributed by atoms with van der Waals surface area (Å²) in [6, 6.07) is 4.66. The molecule has 2 rings (SSSR count). The maximum Gasteiger partial charge on any atom is 0.246 e. The largest absolute Gasteiger partial charge is 0.497 e. The summed E-state index contributed by atoms with van der Waals surface area (Å²) < 4.78 is 43.0. The van der Waals surface area contributed by atoms with E-state index in [-0.39, 0.29) is 29.0 Å². The molecule has 1 atom stereocenters. The van der Waals surface area contributed by atoms with Crippen LogP contribution in [0, 0.1) is 5.92 Å². The van der Waals surface area contributed by atoms with E-state index in [9.17, 15) is 13.2 Å². The van der Waals surface area contributed by atoms with E-state index in [2.05, 4.69) is 5.32 Å². The van der Waals surface area contributed by atoms with Gasteiger partial charge >= 0.3 is 0 Å². The zero-order valence-electron chi connectivity index (χ0n) is 16.1. The number of amides is 1. The normalized spacial score (nSPS) is 18.1. The number of benzene rings is 1. The van der Waals surface area contributed by atoms with Gasteiger partial charge in [-0.15, -0.1) is 0 Å². The lowest BCUT2D eigenvalue weighted by Gasteiger charge is -2.31. The van der Waals surface area contributed by atoms with Gasteiger partial charge in [-0.2, -0.15) is 4.31 Å². The van der Waals surface area contributed by atoms with Crippen LogP contribution in [0.1, 0.15) is 19.3 Å². The molecule has 1 aliphatic rings. The molecule has 0 unspecified atom stereocenters. The number of methoxy groups -OCH3 is 3. The standard InChI is InChI=1S/C18H28N2O6S/c1-24-11-5-9-19-18(21)14-6-4-10-20(13-14)27(22,23)17-12-15(25-2)7-8-16(17)26-3/h7-8,12,14H,4-6,9-11,13H2,1-3H3,(H,19,21)/t14-/m0/s1. The average molecular weight is 400 g/mol. The molecule has 0 spiro atoms. The van der Waals surface area contributed by atoms with Gasteiger partial charge in [0.15, 0.2) is 0 Å². The van der Waals surface area contributed by atoms with Crippen molar-refractivity contribution in [1.29, 1.82) is 0 Å². The van der Waals surface area contributed by atoms with Gasteiger partial charge in [-0.05, 0) is 31.4 Å². The van der Waals surface area contributed by atoms with Gasteiger partial charge in [-0.3, -0.25) is 4.79 Å². The first-order valence-corrected chi connectivity index (χ1v) is 10.4. The predicted octanol–water partition coefficient (Wildman–Crippen LogP) is 1.26. The molecule has 27 heavy (non-hydrogen) atoms. The highest BCUT2D eigenvalue weighted by atomic mass is 32.2. The number of carbonyl (C=O) groups excluding carboxylic acids is 1. The third-order valence-electron chi connectivity index (χ3n) is 4.57. The lowest BCUT2D eigenvalue weighted by molar-refractivity contribution is -0.126. The van der Waals surface area contributed by atoms with Crippen LogP contribution in [-0.2, 0) is 19.6 Å². The van der Waals surface area contributed by atoms with Gasteiger partial charge in [0.05, 0.1) is 20.1 Å². The average Bonchev–Trinajstić information content (AvgIpc) is 2.70. The molecule has 1 N–H and O–H groups in total.